The van der Waals surface area contributed by atoms with Crippen molar-refractivity contribution in [1.82, 2.24) is 10.2 Å². The van der Waals surface area contributed by atoms with Crippen LogP contribution in [0.1, 0.15) is 44.6 Å². The molecule has 27 heavy (non-hydrogen) atoms. The van der Waals surface area contributed by atoms with Crippen molar-refractivity contribution in [2.75, 3.05) is 7.05 Å². The summed E-state index contributed by atoms with van der Waals surface area (Å²) in [5, 5.41) is 12.1. The zero-order valence-corrected chi connectivity index (χ0v) is 15.9. The van der Waals surface area contributed by atoms with Gasteiger partial charge in [0.05, 0.1) is 0 Å². The molecule has 1 aromatic carbocycles. The van der Waals surface area contributed by atoms with E-state index in [1.807, 2.05) is 30.3 Å². The summed E-state index contributed by atoms with van der Waals surface area (Å²) in [4.78, 5) is 37.5. The van der Waals surface area contributed by atoms with Crippen LogP contribution in [0.15, 0.2) is 30.3 Å². The number of ether oxygens (including phenoxy) is 1. The summed E-state index contributed by atoms with van der Waals surface area (Å²) in [6.07, 6.45) is 4.01. The van der Waals surface area contributed by atoms with Crippen LogP contribution in [0.4, 0.5) is 4.79 Å². The lowest BCUT2D eigenvalue weighted by Gasteiger charge is -2.30. The molecule has 2 N–H and O–H groups in total. The van der Waals surface area contributed by atoms with E-state index in [0.717, 1.165) is 37.7 Å². The maximum absolute atomic E-state index is 12.5. The number of hydrogen-bond acceptors (Lipinski definition) is 4. The standard InChI is InChI=1S/C20H28N2O5/c1-14(22(2)20(26)27-13-15-9-5-3-6-10-15)18(23)21-17(19(24)25)16-11-7-4-8-12-16/h3,5-6,9-10,14,16-17H,4,7-8,11-13H2,1-2H3,(H,21,23)(H,24,25)/t14?,17-/m0/s1. The van der Waals surface area contributed by atoms with Gasteiger partial charge >= 0.3 is 12.1 Å². The molecule has 2 amide bonds. The first-order valence-corrected chi connectivity index (χ1v) is 9.37. The van der Waals surface area contributed by atoms with Crippen LogP contribution in [0.5, 0.6) is 0 Å². The second kappa shape index (κ2) is 9.94. The lowest BCUT2D eigenvalue weighted by atomic mass is 9.84. The first-order valence-electron chi connectivity index (χ1n) is 9.37. The van der Waals surface area contributed by atoms with E-state index >= 15 is 0 Å². The van der Waals surface area contributed by atoms with Crippen LogP contribution in [-0.4, -0.2) is 47.1 Å². The fourth-order valence-electron chi connectivity index (χ4n) is 3.28. The van der Waals surface area contributed by atoms with Crippen LogP contribution >= 0.6 is 0 Å². The highest BCUT2D eigenvalue weighted by atomic mass is 16.6. The lowest BCUT2D eigenvalue weighted by molar-refractivity contribution is -0.144. The van der Waals surface area contributed by atoms with Crippen LogP contribution in [0, 0.1) is 5.92 Å². The SMILES string of the molecule is CC(C(=O)N[C@H](C(=O)O)C1CCCCC1)N(C)C(=O)OCc1ccccc1. The number of carbonyl (C=O) groups excluding carboxylic acids is 2. The fraction of sp³-hybridized carbons (Fsp3) is 0.550. The molecule has 7 heteroatoms. The van der Waals surface area contributed by atoms with Gasteiger partial charge in [0.2, 0.25) is 5.91 Å². The Morgan fingerprint density at radius 2 is 1.81 bits per heavy atom. The van der Waals surface area contributed by atoms with Crippen molar-refractivity contribution >= 4 is 18.0 Å². The molecule has 7 nitrogen and oxygen atoms in total. The molecule has 148 valence electrons. The first kappa shape index (κ1) is 20.7. The third-order valence-corrected chi connectivity index (χ3v) is 5.14. The Morgan fingerprint density at radius 1 is 1.19 bits per heavy atom. The Kier molecular flexibility index (Phi) is 7.64. The normalized spacial score (nSPS) is 16.8. The zero-order chi connectivity index (χ0) is 19.8. The van der Waals surface area contributed by atoms with Crippen LogP contribution in [0.2, 0.25) is 0 Å². The van der Waals surface area contributed by atoms with Gasteiger partial charge in [-0.15, -0.1) is 0 Å². The number of carboxylic acid groups (broad SMARTS) is 1. The molecule has 1 unspecified atom stereocenters. The third-order valence-electron chi connectivity index (χ3n) is 5.14. The first-order chi connectivity index (χ1) is 12.9. The van der Waals surface area contributed by atoms with E-state index in [9.17, 15) is 19.5 Å². The van der Waals surface area contributed by atoms with Crippen LogP contribution in [-0.2, 0) is 20.9 Å². The van der Waals surface area contributed by atoms with Crippen molar-refractivity contribution in [3.63, 3.8) is 0 Å². The van der Waals surface area contributed by atoms with Gasteiger partial charge in [0.15, 0.2) is 0 Å². The second-order valence-corrected chi connectivity index (χ2v) is 7.05. The summed E-state index contributed by atoms with van der Waals surface area (Å²) < 4.78 is 5.22. The van der Waals surface area contributed by atoms with E-state index in [4.69, 9.17) is 4.74 Å². The van der Waals surface area contributed by atoms with E-state index in [1.165, 1.54) is 11.9 Å². The Hall–Kier alpha value is -2.57. The summed E-state index contributed by atoms with van der Waals surface area (Å²) in [5.41, 5.74) is 0.847. The van der Waals surface area contributed by atoms with Crippen LogP contribution < -0.4 is 5.32 Å². The van der Waals surface area contributed by atoms with Crippen LogP contribution in [0.3, 0.4) is 0 Å². The van der Waals surface area contributed by atoms with Crippen molar-refractivity contribution in [3.8, 4) is 0 Å². The molecule has 0 radical (unpaired) electrons. The number of carbonyl (C=O) groups is 3. The highest BCUT2D eigenvalue weighted by Crippen LogP contribution is 2.26. The quantitative estimate of drug-likeness (QED) is 0.763. The van der Waals surface area contributed by atoms with E-state index in [0.29, 0.717) is 0 Å². The van der Waals surface area contributed by atoms with E-state index < -0.39 is 30.1 Å². The monoisotopic (exact) mass is 376 g/mol. The molecule has 0 saturated heterocycles. The second-order valence-electron chi connectivity index (χ2n) is 7.05. The Balaban J connectivity index is 1.89. The molecule has 0 aliphatic heterocycles. The number of rotatable bonds is 7. The largest absolute Gasteiger partial charge is 0.480 e. The topological polar surface area (TPSA) is 95.9 Å². The Morgan fingerprint density at radius 3 is 2.41 bits per heavy atom. The Bertz CT molecular complexity index is 643. The molecule has 2 rings (SSSR count). The molecule has 1 aliphatic carbocycles. The highest BCUT2D eigenvalue weighted by molar-refractivity contribution is 5.89. The molecule has 0 bridgehead atoms. The average Bonchev–Trinajstić information content (AvgIpc) is 2.70. The molecular weight excluding hydrogens is 348 g/mol. The maximum Gasteiger partial charge on any atom is 0.410 e. The minimum atomic E-state index is -1.03. The van der Waals surface area contributed by atoms with E-state index in [1.54, 1.807) is 6.92 Å². The van der Waals surface area contributed by atoms with Crippen LogP contribution in [0.25, 0.3) is 0 Å². The molecule has 0 aromatic heterocycles. The molecule has 1 saturated carbocycles. The number of nitrogens with one attached hydrogen (secondary N) is 1. The lowest BCUT2D eigenvalue weighted by Crippen LogP contribution is -2.53. The summed E-state index contributed by atoms with van der Waals surface area (Å²) in [6, 6.07) is 7.48. The van der Waals surface area contributed by atoms with Gasteiger partial charge < -0.3 is 15.2 Å². The Labute approximate surface area is 159 Å². The van der Waals surface area contributed by atoms with Gasteiger partial charge in [-0.1, -0.05) is 49.6 Å². The zero-order valence-electron chi connectivity index (χ0n) is 15.9. The molecule has 1 aliphatic rings. The molecular formula is C20H28N2O5. The molecule has 1 fully saturated rings. The highest BCUT2D eigenvalue weighted by Gasteiger charge is 2.33. The number of amides is 2. The van der Waals surface area contributed by atoms with Gasteiger partial charge in [-0.3, -0.25) is 9.69 Å². The van der Waals surface area contributed by atoms with Crippen molar-refractivity contribution in [1.29, 1.82) is 0 Å². The number of carboxylic acids is 1. The van der Waals surface area contributed by atoms with Gasteiger partial charge in [0, 0.05) is 7.05 Å². The molecule has 0 spiro atoms. The summed E-state index contributed by atoms with van der Waals surface area (Å²) in [5.74, 6) is -1.59. The van der Waals surface area contributed by atoms with E-state index in [2.05, 4.69) is 5.32 Å². The minimum Gasteiger partial charge on any atom is -0.480 e. The number of benzene rings is 1. The summed E-state index contributed by atoms with van der Waals surface area (Å²) in [6.45, 7) is 1.66. The van der Waals surface area contributed by atoms with Gasteiger partial charge in [-0.05, 0) is 31.2 Å². The number of likely N-dealkylation sites (N-methyl/N-ethyl adjacent to an activating group) is 1. The molecule has 1 aromatic rings. The number of nitrogens with zero attached hydrogens (tertiary/aromatic N) is 1. The van der Waals surface area contributed by atoms with Gasteiger partial charge in [-0.25, -0.2) is 9.59 Å². The van der Waals surface area contributed by atoms with Crippen molar-refractivity contribution in [2.45, 2.75) is 57.7 Å². The van der Waals surface area contributed by atoms with Crippen molar-refractivity contribution in [3.05, 3.63) is 35.9 Å². The fourth-order valence-corrected chi connectivity index (χ4v) is 3.28. The minimum absolute atomic E-state index is 0.0669. The number of hydrogen-bond donors (Lipinski definition) is 2. The predicted octanol–water partition coefficient (Wildman–Crippen LogP) is 2.79. The van der Waals surface area contributed by atoms with Gasteiger partial charge in [0.25, 0.3) is 0 Å². The molecule has 2 atom stereocenters. The third kappa shape index (κ3) is 5.98. The van der Waals surface area contributed by atoms with Gasteiger partial charge in [0.1, 0.15) is 18.7 Å². The predicted molar refractivity (Wildman–Crippen MR) is 100.0 cm³/mol. The summed E-state index contributed by atoms with van der Waals surface area (Å²) in [7, 11) is 1.47. The van der Waals surface area contributed by atoms with Crippen molar-refractivity contribution in [2.24, 2.45) is 5.92 Å². The maximum atomic E-state index is 12.5. The van der Waals surface area contributed by atoms with E-state index in [-0.39, 0.29) is 12.5 Å². The van der Waals surface area contributed by atoms with Gasteiger partial charge in [-0.2, -0.15) is 0 Å². The molecule has 0 heterocycles. The number of aliphatic carboxylic acids is 1. The average molecular weight is 376 g/mol. The smallest absolute Gasteiger partial charge is 0.410 e. The summed E-state index contributed by atoms with van der Waals surface area (Å²) >= 11 is 0. The van der Waals surface area contributed by atoms with Crippen molar-refractivity contribution < 1.29 is 24.2 Å².